The lowest BCUT2D eigenvalue weighted by molar-refractivity contribution is -0.391. The summed E-state index contributed by atoms with van der Waals surface area (Å²) in [7, 11) is 0. The second-order valence-electron chi connectivity index (χ2n) is 2.40. The van der Waals surface area contributed by atoms with Gasteiger partial charge in [-0.1, -0.05) is 0 Å². The molecule has 8 heteroatoms. The van der Waals surface area contributed by atoms with Crippen LogP contribution in [0.3, 0.4) is 0 Å². The van der Waals surface area contributed by atoms with Gasteiger partial charge in [-0.15, -0.1) is 0 Å². The summed E-state index contributed by atoms with van der Waals surface area (Å²) in [5.74, 6) is -0.964. The maximum absolute atomic E-state index is 12.5. The molecular formula is C7H2F2IN3O2. The van der Waals surface area contributed by atoms with Crippen LogP contribution in [0.4, 0.5) is 14.6 Å². The molecule has 0 aliphatic heterocycles. The number of pyridine rings is 1. The summed E-state index contributed by atoms with van der Waals surface area (Å²) < 4.78 is 25.1. The average molecular weight is 325 g/mol. The smallest absolute Gasteiger partial charge is 0.358 e. The molecule has 0 aliphatic rings. The topological polar surface area (TPSA) is 79.8 Å². The second-order valence-corrected chi connectivity index (χ2v) is 3.50. The summed E-state index contributed by atoms with van der Waals surface area (Å²) in [6.45, 7) is 0. The molecule has 0 amide bonds. The van der Waals surface area contributed by atoms with E-state index in [1.807, 2.05) is 0 Å². The maximum Gasteiger partial charge on any atom is 0.374 e. The van der Waals surface area contributed by atoms with Gasteiger partial charge in [0.15, 0.2) is 0 Å². The number of aromatic nitrogens is 1. The predicted molar refractivity (Wildman–Crippen MR) is 53.3 cm³/mol. The fourth-order valence-corrected chi connectivity index (χ4v) is 1.50. The van der Waals surface area contributed by atoms with Crippen molar-refractivity contribution in [2.45, 2.75) is 6.43 Å². The van der Waals surface area contributed by atoms with Gasteiger partial charge in [-0.25, -0.2) is 8.78 Å². The second kappa shape index (κ2) is 4.43. The number of alkyl halides is 2. The lowest BCUT2D eigenvalue weighted by Crippen LogP contribution is -2.03. The molecule has 0 saturated carbocycles. The van der Waals surface area contributed by atoms with E-state index in [2.05, 4.69) is 4.98 Å². The molecule has 0 radical (unpaired) electrons. The molecule has 1 aromatic heterocycles. The zero-order valence-electron chi connectivity index (χ0n) is 6.95. The van der Waals surface area contributed by atoms with E-state index in [1.54, 1.807) is 22.6 Å². The van der Waals surface area contributed by atoms with Crippen LogP contribution in [0.1, 0.15) is 17.6 Å². The largest absolute Gasteiger partial charge is 0.374 e. The van der Waals surface area contributed by atoms with E-state index >= 15 is 0 Å². The van der Waals surface area contributed by atoms with Crippen molar-refractivity contribution in [3.63, 3.8) is 0 Å². The van der Waals surface area contributed by atoms with E-state index in [4.69, 9.17) is 5.26 Å². The molecule has 1 rings (SSSR count). The molecule has 0 bridgehead atoms. The molecule has 0 aliphatic carbocycles. The minimum Gasteiger partial charge on any atom is -0.358 e. The van der Waals surface area contributed by atoms with E-state index in [1.165, 1.54) is 6.07 Å². The Morgan fingerprint density at radius 3 is 2.67 bits per heavy atom. The van der Waals surface area contributed by atoms with Gasteiger partial charge in [0.25, 0.3) is 6.43 Å². The van der Waals surface area contributed by atoms with Crippen LogP contribution in [0.2, 0.25) is 0 Å². The Bertz CT molecular complexity index is 458. The molecule has 0 aromatic carbocycles. The highest BCUT2D eigenvalue weighted by Gasteiger charge is 2.28. The van der Waals surface area contributed by atoms with E-state index in [0.29, 0.717) is 0 Å². The van der Waals surface area contributed by atoms with Crippen molar-refractivity contribution in [2.75, 3.05) is 0 Å². The monoisotopic (exact) mass is 325 g/mol. The van der Waals surface area contributed by atoms with E-state index in [9.17, 15) is 18.9 Å². The number of hydrogen-bond donors (Lipinski definition) is 0. The van der Waals surface area contributed by atoms with Crippen molar-refractivity contribution in [1.29, 1.82) is 5.26 Å². The highest BCUT2D eigenvalue weighted by atomic mass is 127. The lowest BCUT2D eigenvalue weighted by Gasteiger charge is -2.02. The molecule has 0 unspecified atom stereocenters. The van der Waals surface area contributed by atoms with Crippen LogP contribution in [0, 0.1) is 25.1 Å². The number of halogens is 3. The van der Waals surface area contributed by atoms with Crippen LogP contribution < -0.4 is 0 Å². The zero-order chi connectivity index (χ0) is 11.6. The summed E-state index contributed by atoms with van der Waals surface area (Å²) in [6, 6.07) is 2.56. The quantitative estimate of drug-likeness (QED) is 0.362. The van der Waals surface area contributed by atoms with Crippen molar-refractivity contribution < 1.29 is 13.7 Å². The minimum absolute atomic E-state index is 0.125. The molecular weight excluding hydrogens is 323 g/mol. The standard InChI is InChI=1S/C7H2F2IN3O2/c8-6(9)5-3(2-11)1-4(10)12-7(5)13(14)15/h1,6H. The first-order valence-corrected chi connectivity index (χ1v) is 4.58. The number of nitriles is 1. The summed E-state index contributed by atoms with van der Waals surface area (Å²) in [5.41, 5.74) is -1.35. The molecule has 0 spiro atoms. The SMILES string of the molecule is N#Cc1cc(I)nc([N+](=O)[O-])c1C(F)F. The van der Waals surface area contributed by atoms with Crippen molar-refractivity contribution in [1.82, 2.24) is 4.98 Å². The van der Waals surface area contributed by atoms with Crippen molar-refractivity contribution in [2.24, 2.45) is 0 Å². The van der Waals surface area contributed by atoms with Crippen LogP contribution in [0.25, 0.3) is 0 Å². The van der Waals surface area contributed by atoms with E-state index in [-0.39, 0.29) is 3.70 Å². The minimum atomic E-state index is -3.09. The predicted octanol–water partition coefficient (Wildman–Crippen LogP) is 2.40. The van der Waals surface area contributed by atoms with Crippen LogP contribution in [0.15, 0.2) is 6.07 Å². The molecule has 0 saturated heterocycles. The average Bonchev–Trinajstić information content (AvgIpc) is 2.15. The fraction of sp³-hybridized carbons (Fsp3) is 0.143. The maximum atomic E-state index is 12.5. The number of nitro groups is 1. The molecule has 0 atom stereocenters. The lowest BCUT2D eigenvalue weighted by atomic mass is 10.1. The molecule has 78 valence electrons. The highest BCUT2D eigenvalue weighted by molar-refractivity contribution is 14.1. The van der Waals surface area contributed by atoms with Crippen LogP contribution >= 0.6 is 22.6 Å². The first kappa shape index (κ1) is 11.7. The van der Waals surface area contributed by atoms with Crippen LogP contribution in [0.5, 0.6) is 0 Å². The van der Waals surface area contributed by atoms with Gasteiger partial charge in [0, 0.05) is 28.7 Å². The van der Waals surface area contributed by atoms with Gasteiger partial charge < -0.3 is 10.1 Å². The zero-order valence-corrected chi connectivity index (χ0v) is 9.10. The first-order chi connectivity index (χ1) is 6.97. The van der Waals surface area contributed by atoms with E-state index < -0.39 is 28.3 Å². The van der Waals surface area contributed by atoms with Crippen molar-refractivity contribution in [3.05, 3.63) is 31.0 Å². The molecule has 15 heavy (non-hydrogen) atoms. The molecule has 1 aromatic rings. The Balaban J connectivity index is 3.56. The number of nitrogens with zero attached hydrogens (tertiary/aromatic N) is 3. The Hall–Kier alpha value is -1.37. The van der Waals surface area contributed by atoms with Gasteiger partial charge in [0.1, 0.15) is 11.6 Å². The third-order valence-electron chi connectivity index (χ3n) is 1.52. The summed E-state index contributed by atoms with van der Waals surface area (Å²) in [5, 5.41) is 19.0. The number of rotatable bonds is 2. The molecule has 0 fully saturated rings. The van der Waals surface area contributed by atoms with Crippen molar-refractivity contribution >= 4 is 28.4 Å². The third-order valence-corrected chi connectivity index (χ3v) is 2.07. The van der Waals surface area contributed by atoms with Gasteiger partial charge in [0.05, 0.1) is 5.56 Å². The summed E-state index contributed by atoms with van der Waals surface area (Å²) >= 11 is 1.62. The first-order valence-electron chi connectivity index (χ1n) is 3.50. The van der Waals surface area contributed by atoms with Gasteiger partial charge in [-0.05, 0) is 9.91 Å². The third kappa shape index (κ3) is 2.35. The summed E-state index contributed by atoms with van der Waals surface area (Å²) in [6.07, 6.45) is -3.09. The number of hydrogen-bond acceptors (Lipinski definition) is 4. The normalized spacial score (nSPS) is 10.1. The van der Waals surface area contributed by atoms with Crippen molar-refractivity contribution in [3.8, 4) is 6.07 Å². The molecule has 0 N–H and O–H groups in total. The van der Waals surface area contributed by atoms with Gasteiger partial charge >= 0.3 is 5.82 Å². The Morgan fingerprint density at radius 2 is 2.27 bits per heavy atom. The highest BCUT2D eigenvalue weighted by Crippen LogP contribution is 2.31. The summed E-state index contributed by atoms with van der Waals surface area (Å²) in [4.78, 5) is 12.8. The van der Waals surface area contributed by atoms with Gasteiger partial charge in [-0.3, -0.25) is 0 Å². The van der Waals surface area contributed by atoms with Crippen LogP contribution in [-0.2, 0) is 0 Å². The fourth-order valence-electron chi connectivity index (χ4n) is 0.958. The Kier molecular flexibility index (Phi) is 3.46. The van der Waals surface area contributed by atoms with Crippen LogP contribution in [-0.4, -0.2) is 9.91 Å². The molecule has 5 nitrogen and oxygen atoms in total. The Labute approximate surface area is 96.0 Å². The van der Waals surface area contributed by atoms with Gasteiger partial charge in [-0.2, -0.15) is 5.26 Å². The van der Waals surface area contributed by atoms with Gasteiger partial charge in [0.2, 0.25) is 3.70 Å². The van der Waals surface area contributed by atoms with E-state index in [0.717, 1.165) is 6.07 Å². The Morgan fingerprint density at radius 1 is 1.67 bits per heavy atom. The molecule has 1 heterocycles.